The van der Waals surface area contributed by atoms with Gasteiger partial charge in [-0.3, -0.25) is 14.2 Å². The van der Waals surface area contributed by atoms with Crippen LogP contribution in [0.2, 0.25) is 10.0 Å². The topological polar surface area (TPSA) is 67.2 Å². The highest BCUT2D eigenvalue weighted by atomic mass is 35.5. The Hall–Kier alpha value is -3.04. The molecule has 2 aromatic carbocycles. The molecule has 2 heterocycles. The highest BCUT2D eigenvalue weighted by Gasteiger charge is 2.45. The minimum Gasteiger partial charge on any atom is -0.373 e. The molecule has 0 aliphatic carbocycles. The monoisotopic (exact) mass is 524 g/mol. The van der Waals surface area contributed by atoms with Gasteiger partial charge in [0.15, 0.2) is 11.6 Å². The van der Waals surface area contributed by atoms with E-state index in [1.807, 2.05) is 0 Å². The van der Waals surface area contributed by atoms with Crippen LogP contribution in [0.3, 0.4) is 0 Å². The van der Waals surface area contributed by atoms with Gasteiger partial charge in [0.2, 0.25) is 0 Å². The molecule has 1 N–H and O–H groups in total. The summed E-state index contributed by atoms with van der Waals surface area (Å²) in [7, 11) is 0. The van der Waals surface area contributed by atoms with E-state index in [-0.39, 0.29) is 57.8 Å². The first-order valence-corrected chi connectivity index (χ1v) is 11.5. The summed E-state index contributed by atoms with van der Waals surface area (Å²) in [5.41, 5.74) is -1.91. The fraction of sp³-hybridized carbons (Fsp3) is 0.292. The number of likely N-dealkylation sites (tertiary alicyclic amines) is 1. The van der Waals surface area contributed by atoms with Crippen molar-refractivity contribution in [3.63, 3.8) is 0 Å². The maximum Gasteiger partial charge on any atom is 0.282 e. The summed E-state index contributed by atoms with van der Waals surface area (Å²) < 4.78 is 45.1. The summed E-state index contributed by atoms with van der Waals surface area (Å²) in [6.07, 6.45) is 1.37. The molecule has 0 radical (unpaired) electrons. The number of fused-ring (bicyclic) bond motifs is 1. The molecule has 0 unspecified atom stereocenters. The molecule has 0 spiro atoms. The van der Waals surface area contributed by atoms with Gasteiger partial charge in [0.05, 0.1) is 27.3 Å². The van der Waals surface area contributed by atoms with Crippen molar-refractivity contribution in [2.75, 3.05) is 18.4 Å². The number of hydrogen-bond acceptors (Lipinski definition) is 4. The Balaban J connectivity index is 1.89. The molecule has 1 atom stereocenters. The number of rotatable bonds is 5. The standard InChI is InChI=1S/C24H21Cl2F3N4O2/c1-12(2)33-11-30-21-15(23(33)35)8-14(9-18(21)29)31-24(6-7-32(10-24)22(34)13(3)27)19-17(28)5-4-16(25)20(19)26/h4-5,8-9,11-12,31H,3,6-7,10H2,1-2H3/t24-/m0/s1. The highest BCUT2D eigenvalue weighted by molar-refractivity contribution is 6.42. The van der Waals surface area contributed by atoms with Gasteiger partial charge in [0.1, 0.15) is 11.3 Å². The minimum absolute atomic E-state index is 0.0135. The zero-order valence-corrected chi connectivity index (χ0v) is 20.4. The van der Waals surface area contributed by atoms with Crippen molar-refractivity contribution >= 4 is 45.7 Å². The van der Waals surface area contributed by atoms with Crippen molar-refractivity contribution in [3.8, 4) is 0 Å². The summed E-state index contributed by atoms with van der Waals surface area (Å²) in [5, 5.41) is 3.05. The molecular weight excluding hydrogens is 504 g/mol. The molecule has 0 saturated carbocycles. The summed E-state index contributed by atoms with van der Waals surface area (Å²) in [4.78, 5) is 30.5. The molecule has 11 heteroatoms. The van der Waals surface area contributed by atoms with E-state index in [4.69, 9.17) is 23.2 Å². The molecular formula is C24H21Cl2F3N4O2. The lowest BCUT2D eigenvalue weighted by Gasteiger charge is -2.33. The quantitative estimate of drug-likeness (QED) is 0.349. The van der Waals surface area contributed by atoms with Crippen LogP contribution in [0.1, 0.15) is 31.9 Å². The van der Waals surface area contributed by atoms with Gasteiger partial charge in [0.25, 0.3) is 11.5 Å². The first kappa shape index (κ1) is 25.1. The Labute approximate surface area is 209 Å². The summed E-state index contributed by atoms with van der Waals surface area (Å²) in [5.74, 6) is -3.62. The molecule has 6 nitrogen and oxygen atoms in total. The number of carbonyl (C=O) groups excluding carboxylic acids is 1. The number of carbonyl (C=O) groups is 1. The van der Waals surface area contributed by atoms with Gasteiger partial charge < -0.3 is 10.2 Å². The van der Waals surface area contributed by atoms with Crippen molar-refractivity contribution in [1.82, 2.24) is 14.5 Å². The second-order valence-electron chi connectivity index (χ2n) is 8.71. The summed E-state index contributed by atoms with van der Waals surface area (Å²) in [6.45, 7) is 6.43. The predicted molar refractivity (Wildman–Crippen MR) is 130 cm³/mol. The van der Waals surface area contributed by atoms with Crippen molar-refractivity contribution in [3.05, 3.63) is 80.6 Å². The van der Waals surface area contributed by atoms with E-state index in [1.165, 1.54) is 23.0 Å². The molecule has 1 saturated heterocycles. The first-order valence-electron chi connectivity index (χ1n) is 10.7. The van der Waals surface area contributed by atoms with Crippen LogP contribution in [0.15, 0.2) is 47.8 Å². The van der Waals surface area contributed by atoms with Crippen LogP contribution in [0.25, 0.3) is 10.9 Å². The minimum atomic E-state index is -1.41. The molecule has 0 bridgehead atoms. The molecule has 3 aromatic rings. The lowest BCUT2D eigenvalue weighted by Crippen LogP contribution is -2.41. The van der Waals surface area contributed by atoms with Gasteiger partial charge in [-0.15, -0.1) is 0 Å². The molecule has 1 amide bonds. The van der Waals surface area contributed by atoms with E-state index in [0.717, 1.165) is 17.0 Å². The molecule has 1 aromatic heterocycles. The van der Waals surface area contributed by atoms with Crippen molar-refractivity contribution in [2.45, 2.75) is 31.8 Å². The van der Waals surface area contributed by atoms with E-state index in [9.17, 15) is 18.4 Å². The van der Waals surface area contributed by atoms with Crippen LogP contribution in [0, 0.1) is 11.6 Å². The molecule has 1 fully saturated rings. The second-order valence-corrected chi connectivity index (χ2v) is 9.50. The van der Waals surface area contributed by atoms with E-state index in [2.05, 4.69) is 16.9 Å². The Morgan fingerprint density at radius 3 is 2.60 bits per heavy atom. The van der Waals surface area contributed by atoms with E-state index < -0.39 is 34.5 Å². The number of halogens is 5. The van der Waals surface area contributed by atoms with Crippen molar-refractivity contribution in [2.24, 2.45) is 0 Å². The summed E-state index contributed by atoms with van der Waals surface area (Å²) >= 11 is 12.5. The molecule has 184 valence electrons. The third-order valence-electron chi connectivity index (χ3n) is 6.09. The normalized spacial score (nSPS) is 17.9. The molecule has 4 rings (SSSR count). The van der Waals surface area contributed by atoms with Gasteiger partial charge in [-0.05, 0) is 44.5 Å². The average Bonchev–Trinajstić information content (AvgIpc) is 3.20. The Morgan fingerprint density at radius 1 is 1.23 bits per heavy atom. The van der Waals surface area contributed by atoms with Gasteiger partial charge >= 0.3 is 0 Å². The number of nitrogens with zero attached hydrogens (tertiary/aromatic N) is 3. The first-order chi connectivity index (χ1) is 16.4. The fourth-order valence-electron chi connectivity index (χ4n) is 4.41. The van der Waals surface area contributed by atoms with Crippen LogP contribution in [0.4, 0.5) is 18.9 Å². The molecule has 35 heavy (non-hydrogen) atoms. The average molecular weight is 525 g/mol. The largest absolute Gasteiger partial charge is 0.373 e. The SMILES string of the molecule is C=C(F)C(=O)N1CC[C@@](Nc2cc(F)c3ncn(C(C)C)c(=O)c3c2)(c2c(F)ccc(Cl)c2Cl)C1. The van der Waals surface area contributed by atoms with Crippen LogP contribution >= 0.6 is 23.2 Å². The fourth-order valence-corrected chi connectivity index (χ4v) is 4.90. The smallest absolute Gasteiger partial charge is 0.282 e. The maximum absolute atomic E-state index is 15.1. The van der Waals surface area contributed by atoms with Gasteiger partial charge in [-0.25, -0.2) is 18.2 Å². The number of benzene rings is 2. The summed E-state index contributed by atoms with van der Waals surface area (Å²) in [6, 6.07) is 4.72. The Bertz CT molecular complexity index is 1430. The van der Waals surface area contributed by atoms with E-state index in [1.54, 1.807) is 13.8 Å². The number of hydrogen-bond donors (Lipinski definition) is 1. The van der Waals surface area contributed by atoms with Gasteiger partial charge in [0, 0.05) is 30.4 Å². The van der Waals surface area contributed by atoms with Crippen LogP contribution < -0.4 is 10.9 Å². The van der Waals surface area contributed by atoms with Crippen LogP contribution in [0.5, 0.6) is 0 Å². The molecule has 1 aliphatic rings. The zero-order valence-electron chi connectivity index (χ0n) is 18.8. The Kier molecular flexibility index (Phi) is 6.59. The predicted octanol–water partition coefficient (Wildman–Crippen LogP) is 5.59. The third-order valence-corrected chi connectivity index (χ3v) is 6.89. The van der Waals surface area contributed by atoms with Crippen LogP contribution in [-0.2, 0) is 10.3 Å². The number of nitrogens with one attached hydrogen (secondary N) is 1. The van der Waals surface area contributed by atoms with Crippen molar-refractivity contribution in [1.29, 1.82) is 0 Å². The van der Waals surface area contributed by atoms with E-state index >= 15 is 4.39 Å². The van der Waals surface area contributed by atoms with Gasteiger partial charge in [-0.2, -0.15) is 0 Å². The maximum atomic E-state index is 15.1. The second kappa shape index (κ2) is 9.20. The lowest BCUT2D eigenvalue weighted by atomic mass is 9.87. The van der Waals surface area contributed by atoms with Crippen LogP contribution in [-0.4, -0.2) is 33.4 Å². The zero-order chi connectivity index (χ0) is 25.7. The molecule has 1 aliphatic heterocycles. The number of anilines is 1. The highest BCUT2D eigenvalue weighted by Crippen LogP contribution is 2.43. The van der Waals surface area contributed by atoms with Crippen molar-refractivity contribution < 1.29 is 18.0 Å². The Morgan fingerprint density at radius 2 is 1.94 bits per heavy atom. The van der Waals surface area contributed by atoms with Gasteiger partial charge in [-0.1, -0.05) is 29.8 Å². The number of aromatic nitrogens is 2. The number of amides is 1. The lowest BCUT2D eigenvalue weighted by molar-refractivity contribution is -0.127. The third kappa shape index (κ3) is 4.38. The van der Waals surface area contributed by atoms with E-state index in [0.29, 0.717) is 0 Å².